The predicted octanol–water partition coefficient (Wildman–Crippen LogP) is 4.03. The molecule has 1 saturated heterocycles. The Morgan fingerprint density at radius 1 is 1.21 bits per heavy atom. The van der Waals surface area contributed by atoms with E-state index in [1.165, 1.54) is 0 Å². The summed E-state index contributed by atoms with van der Waals surface area (Å²) in [4.78, 5) is 37.7. The van der Waals surface area contributed by atoms with Gasteiger partial charge in [0.15, 0.2) is 11.5 Å². The number of hydrogen-bond donors (Lipinski definition) is 0. The van der Waals surface area contributed by atoms with E-state index in [1.807, 2.05) is 13.8 Å². The minimum absolute atomic E-state index is 0.235. The highest BCUT2D eigenvalue weighted by Gasteiger charge is 2.36. The van der Waals surface area contributed by atoms with Gasteiger partial charge in [0.05, 0.1) is 18.1 Å². The van der Waals surface area contributed by atoms with Crippen molar-refractivity contribution in [1.82, 2.24) is 4.90 Å². The van der Waals surface area contributed by atoms with Gasteiger partial charge in [0.1, 0.15) is 13.2 Å². The minimum Gasteiger partial charge on any atom is -0.490 e. The fourth-order valence-electron chi connectivity index (χ4n) is 2.44. The van der Waals surface area contributed by atoms with Crippen molar-refractivity contribution in [2.45, 2.75) is 26.7 Å². The number of hydrogen-bond acceptors (Lipinski definition) is 7. The Balaban J connectivity index is 2.12. The molecule has 2 amide bonds. The molecule has 7 nitrogen and oxygen atoms in total. The van der Waals surface area contributed by atoms with Gasteiger partial charge in [-0.15, -0.1) is 0 Å². The van der Waals surface area contributed by atoms with E-state index >= 15 is 0 Å². The molecule has 1 fully saturated rings. The molecule has 1 heterocycles. The summed E-state index contributed by atoms with van der Waals surface area (Å²) in [5.74, 6) is -0.0182. The molecule has 1 aromatic rings. The van der Waals surface area contributed by atoms with Crippen molar-refractivity contribution in [3.63, 3.8) is 0 Å². The molecule has 29 heavy (non-hydrogen) atoms. The third-order valence-electron chi connectivity index (χ3n) is 3.84. The van der Waals surface area contributed by atoms with Gasteiger partial charge >= 0.3 is 5.97 Å². The Kier molecular flexibility index (Phi) is 8.79. The second-order valence-corrected chi connectivity index (χ2v) is 7.07. The summed E-state index contributed by atoms with van der Waals surface area (Å²) in [5.41, 5.74) is 0.676. The molecule has 0 aliphatic carbocycles. The topological polar surface area (TPSA) is 82.1 Å². The monoisotopic (exact) mass is 419 g/mol. The van der Waals surface area contributed by atoms with Crippen molar-refractivity contribution < 1.29 is 28.6 Å². The Morgan fingerprint density at radius 3 is 2.69 bits per heavy atom. The maximum absolute atomic E-state index is 12.5. The number of imide groups is 1. The highest BCUT2D eigenvalue weighted by molar-refractivity contribution is 8.18. The molecular weight excluding hydrogens is 394 g/mol. The van der Waals surface area contributed by atoms with Crippen LogP contribution in [0.1, 0.15) is 32.3 Å². The zero-order chi connectivity index (χ0) is 21.2. The zero-order valence-electron chi connectivity index (χ0n) is 16.6. The highest BCUT2D eigenvalue weighted by Crippen LogP contribution is 2.34. The van der Waals surface area contributed by atoms with Gasteiger partial charge in [-0.25, -0.2) is 0 Å². The van der Waals surface area contributed by atoms with Crippen LogP contribution in [0.2, 0.25) is 0 Å². The van der Waals surface area contributed by atoms with E-state index in [0.29, 0.717) is 30.3 Å². The standard InChI is InChI=1S/C21H25NO6S/c1-4-7-11-28-19(23)14-22-20(24)18(29-21(22)25)13-15-8-9-16(27-10-5-2)17(12-15)26-6-3/h5,8-9,12-13H,2,4,6-7,10-11,14H2,1,3H3/b18-13+. The highest BCUT2D eigenvalue weighted by atomic mass is 32.2. The normalized spacial score (nSPS) is 15.0. The first kappa shape index (κ1) is 22.5. The van der Waals surface area contributed by atoms with Crippen molar-refractivity contribution >= 4 is 35.0 Å². The lowest BCUT2D eigenvalue weighted by Crippen LogP contribution is -2.34. The first-order chi connectivity index (χ1) is 14.0. The Bertz CT molecular complexity index is 804. The van der Waals surface area contributed by atoms with Crippen molar-refractivity contribution in [2.75, 3.05) is 26.4 Å². The summed E-state index contributed by atoms with van der Waals surface area (Å²) in [6.45, 7) is 8.13. The van der Waals surface area contributed by atoms with E-state index in [0.717, 1.165) is 29.5 Å². The number of unbranched alkanes of at least 4 members (excludes halogenated alkanes) is 1. The van der Waals surface area contributed by atoms with Crippen LogP contribution in [0.5, 0.6) is 11.5 Å². The van der Waals surface area contributed by atoms with Crippen LogP contribution in [-0.4, -0.2) is 48.4 Å². The molecule has 0 aromatic heterocycles. The number of thioether (sulfide) groups is 1. The lowest BCUT2D eigenvalue weighted by molar-refractivity contribution is -0.146. The molecule has 0 N–H and O–H groups in total. The predicted molar refractivity (Wildman–Crippen MR) is 112 cm³/mol. The molecule has 0 bridgehead atoms. The van der Waals surface area contributed by atoms with Gasteiger partial charge in [-0.1, -0.05) is 32.1 Å². The van der Waals surface area contributed by atoms with Gasteiger partial charge in [0.25, 0.3) is 11.1 Å². The van der Waals surface area contributed by atoms with Crippen molar-refractivity contribution in [3.05, 3.63) is 41.3 Å². The van der Waals surface area contributed by atoms with Crippen LogP contribution in [0, 0.1) is 0 Å². The number of carbonyl (C=O) groups is 3. The maximum Gasteiger partial charge on any atom is 0.326 e. The Labute approximate surface area is 174 Å². The average molecular weight is 419 g/mol. The largest absolute Gasteiger partial charge is 0.490 e. The SMILES string of the molecule is C=CCOc1ccc(/C=C2/SC(=O)N(CC(=O)OCCCC)C2=O)cc1OCC. The molecule has 1 aliphatic heterocycles. The lowest BCUT2D eigenvalue weighted by Gasteiger charge is -2.12. The second kappa shape index (κ2) is 11.3. The smallest absolute Gasteiger partial charge is 0.326 e. The first-order valence-electron chi connectivity index (χ1n) is 9.41. The van der Waals surface area contributed by atoms with Crippen LogP contribution in [0.3, 0.4) is 0 Å². The van der Waals surface area contributed by atoms with E-state index in [1.54, 1.807) is 30.4 Å². The average Bonchev–Trinajstić information content (AvgIpc) is 2.95. The van der Waals surface area contributed by atoms with Gasteiger partial charge < -0.3 is 14.2 Å². The van der Waals surface area contributed by atoms with Gasteiger partial charge in [0, 0.05) is 0 Å². The van der Waals surface area contributed by atoms with E-state index < -0.39 is 17.1 Å². The zero-order valence-corrected chi connectivity index (χ0v) is 17.5. The number of carbonyl (C=O) groups excluding carboxylic acids is 3. The molecule has 0 radical (unpaired) electrons. The third kappa shape index (κ3) is 6.39. The van der Waals surface area contributed by atoms with Crippen LogP contribution in [-0.2, 0) is 14.3 Å². The van der Waals surface area contributed by atoms with Crippen molar-refractivity contribution in [2.24, 2.45) is 0 Å². The molecule has 0 spiro atoms. The van der Waals surface area contributed by atoms with Crippen LogP contribution in [0.4, 0.5) is 4.79 Å². The first-order valence-corrected chi connectivity index (χ1v) is 10.2. The fourth-order valence-corrected chi connectivity index (χ4v) is 3.28. The summed E-state index contributed by atoms with van der Waals surface area (Å²) in [6.07, 6.45) is 4.85. The summed E-state index contributed by atoms with van der Waals surface area (Å²) >= 11 is 0.790. The molecule has 8 heteroatoms. The number of nitrogens with zero attached hydrogens (tertiary/aromatic N) is 1. The third-order valence-corrected chi connectivity index (χ3v) is 4.75. The van der Waals surface area contributed by atoms with E-state index in [4.69, 9.17) is 14.2 Å². The summed E-state index contributed by atoms with van der Waals surface area (Å²) < 4.78 is 16.2. The molecule has 1 aromatic carbocycles. The van der Waals surface area contributed by atoms with Crippen LogP contribution in [0.25, 0.3) is 6.08 Å². The fraction of sp³-hybridized carbons (Fsp3) is 0.381. The van der Waals surface area contributed by atoms with E-state index in [2.05, 4.69) is 6.58 Å². The Hall–Kier alpha value is -2.74. The maximum atomic E-state index is 12.5. The Morgan fingerprint density at radius 2 is 2.00 bits per heavy atom. The number of benzene rings is 1. The molecular formula is C21H25NO6S. The van der Waals surface area contributed by atoms with Gasteiger partial charge in [-0.05, 0) is 48.9 Å². The van der Waals surface area contributed by atoms with E-state index in [-0.39, 0.29) is 18.1 Å². The van der Waals surface area contributed by atoms with Crippen molar-refractivity contribution in [3.8, 4) is 11.5 Å². The van der Waals surface area contributed by atoms with Crippen LogP contribution < -0.4 is 9.47 Å². The summed E-state index contributed by atoms with van der Waals surface area (Å²) in [6, 6.07) is 5.22. The molecule has 0 saturated carbocycles. The summed E-state index contributed by atoms with van der Waals surface area (Å²) in [7, 11) is 0. The van der Waals surface area contributed by atoms with Gasteiger partial charge in [0.2, 0.25) is 0 Å². The van der Waals surface area contributed by atoms with Crippen LogP contribution >= 0.6 is 11.8 Å². The molecule has 2 rings (SSSR count). The lowest BCUT2D eigenvalue weighted by atomic mass is 10.2. The van der Waals surface area contributed by atoms with Gasteiger partial charge in [-0.3, -0.25) is 19.3 Å². The molecule has 0 unspecified atom stereocenters. The molecule has 156 valence electrons. The number of esters is 1. The number of amides is 2. The number of rotatable bonds is 11. The summed E-state index contributed by atoms with van der Waals surface area (Å²) in [5, 5.41) is -0.496. The molecule has 0 atom stereocenters. The van der Waals surface area contributed by atoms with Gasteiger partial charge in [-0.2, -0.15) is 0 Å². The second-order valence-electron chi connectivity index (χ2n) is 6.08. The quantitative estimate of drug-likeness (QED) is 0.232. The van der Waals surface area contributed by atoms with Crippen molar-refractivity contribution in [1.29, 1.82) is 0 Å². The van der Waals surface area contributed by atoms with Crippen LogP contribution in [0.15, 0.2) is 35.8 Å². The number of ether oxygens (including phenoxy) is 3. The molecule has 1 aliphatic rings. The van der Waals surface area contributed by atoms with E-state index in [9.17, 15) is 14.4 Å². The minimum atomic E-state index is -0.593.